The third-order valence-electron chi connectivity index (χ3n) is 6.95. The lowest BCUT2D eigenvalue weighted by Crippen LogP contribution is -2.37. The second-order valence-corrected chi connectivity index (χ2v) is 10.3. The molecule has 0 unspecified atom stereocenters. The van der Waals surface area contributed by atoms with Crippen LogP contribution in [0.25, 0.3) is 10.9 Å². The Morgan fingerprint density at radius 2 is 1.57 bits per heavy atom. The van der Waals surface area contributed by atoms with Crippen LogP contribution < -0.4 is 5.32 Å². The van der Waals surface area contributed by atoms with E-state index in [0.717, 1.165) is 47.7 Å². The Bertz CT molecular complexity index is 1430. The molecule has 7 heteroatoms. The van der Waals surface area contributed by atoms with Crippen molar-refractivity contribution in [1.29, 1.82) is 0 Å². The molecule has 1 fully saturated rings. The summed E-state index contributed by atoms with van der Waals surface area (Å²) >= 11 is 18.6. The van der Waals surface area contributed by atoms with Crippen LogP contribution in [0.4, 0.5) is 5.69 Å². The van der Waals surface area contributed by atoms with Gasteiger partial charge in [-0.05, 0) is 73.4 Å². The van der Waals surface area contributed by atoms with Crippen molar-refractivity contribution in [1.82, 2.24) is 4.57 Å². The van der Waals surface area contributed by atoms with Gasteiger partial charge in [-0.2, -0.15) is 0 Å². The molecule has 1 aliphatic rings. The van der Waals surface area contributed by atoms with Crippen molar-refractivity contribution in [3.05, 3.63) is 98.6 Å². The van der Waals surface area contributed by atoms with E-state index in [4.69, 9.17) is 34.8 Å². The van der Waals surface area contributed by atoms with Crippen molar-refractivity contribution in [3.8, 4) is 0 Å². The minimum atomic E-state index is -0.572. The molecule has 1 heterocycles. The van der Waals surface area contributed by atoms with Gasteiger partial charge in [0.2, 0.25) is 5.91 Å². The Labute approximate surface area is 218 Å². The molecule has 1 aromatic heterocycles. The minimum Gasteiger partial charge on any atom is -0.325 e. The first-order chi connectivity index (χ1) is 16.8. The summed E-state index contributed by atoms with van der Waals surface area (Å²) in [6.07, 6.45) is 5.37. The molecule has 178 valence electrons. The maximum absolute atomic E-state index is 13.6. The van der Waals surface area contributed by atoms with E-state index in [2.05, 4.69) is 5.32 Å². The van der Waals surface area contributed by atoms with Crippen LogP contribution in [0.3, 0.4) is 0 Å². The van der Waals surface area contributed by atoms with E-state index in [1.54, 1.807) is 29.0 Å². The second kappa shape index (κ2) is 9.34. The fourth-order valence-corrected chi connectivity index (χ4v) is 5.79. The van der Waals surface area contributed by atoms with Crippen molar-refractivity contribution < 1.29 is 9.59 Å². The maximum atomic E-state index is 13.6. The highest BCUT2D eigenvalue weighted by molar-refractivity contribution is 6.40. The van der Waals surface area contributed by atoms with E-state index in [1.807, 2.05) is 49.4 Å². The minimum absolute atomic E-state index is 0.0207. The SMILES string of the molecule is Cc1cn(C(=O)c2c(Cl)cccc2Cl)c2ccc(NC(=O)C3(c4ccc(Cl)cc4)CCCC3)cc12. The molecule has 0 saturated heterocycles. The molecule has 0 spiro atoms. The largest absolute Gasteiger partial charge is 0.325 e. The molecule has 0 bridgehead atoms. The number of aromatic nitrogens is 1. The smallest absolute Gasteiger partial charge is 0.265 e. The predicted octanol–water partition coefficient (Wildman–Crippen LogP) is 8.05. The van der Waals surface area contributed by atoms with Gasteiger partial charge in [-0.1, -0.05) is 65.8 Å². The number of aryl methyl sites for hydroxylation is 1. The number of hydrogen-bond acceptors (Lipinski definition) is 2. The van der Waals surface area contributed by atoms with Crippen molar-refractivity contribution in [2.24, 2.45) is 0 Å². The van der Waals surface area contributed by atoms with E-state index in [1.165, 1.54) is 0 Å². The van der Waals surface area contributed by atoms with Gasteiger partial charge in [0.25, 0.3) is 5.91 Å². The van der Waals surface area contributed by atoms with Crippen LogP contribution in [-0.4, -0.2) is 16.4 Å². The third-order valence-corrected chi connectivity index (χ3v) is 7.83. The van der Waals surface area contributed by atoms with Crippen LogP contribution >= 0.6 is 34.8 Å². The number of nitrogens with one attached hydrogen (secondary N) is 1. The Balaban J connectivity index is 1.48. The van der Waals surface area contributed by atoms with E-state index in [9.17, 15) is 9.59 Å². The summed E-state index contributed by atoms with van der Waals surface area (Å²) in [6.45, 7) is 1.93. The number of carbonyl (C=O) groups is 2. The highest BCUT2D eigenvalue weighted by atomic mass is 35.5. The first kappa shape index (κ1) is 23.9. The summed E-state index contributed by atoms with van der Waals surface area (Å²) in [4.78, 5) is 26.9. The first-order valence-electron chi connectivity index (χ1n) is 11.5. The number of rotatable bonds is 4. The number of anilines is 1. The molecule has 4 aromatic rings. The van der Waals surface area contributed by atoms with Crippen LogP contribution in [0.1, 0.15) is 47.2 Å². The van der Waals surface area contributed by atoms with Crippen LogP contribution in [-0.2, 0) is 10.2 Å². The van der Waals surface area contributed by atoms with Gasteiger partial charge in [0.05, 0.1) is 26.5 Å². The molecule has 1 N–H and O–H groups in total. The molecule has 1 aliphatic carbocycles. The van der Waals surface area contributed by atoms with Crippen LogP contribution in [0.15, 0.2) is 66.9 Å². The number of fused-ring (bicyclic) bond motifs is 1. The summed E-state index contributed by atoms with van der Waals surface area (Å²) in [5.74, 6) is -0.323. The topological polar surface area (TPSA) is 51.1 Å². The van der Waals surface area contributed by atoms with Gasteiger partial charge in [-0.25, -0.2) is 0 Å². The third kappa shape index (κ3) is 4.24. The zero-order chi connectivity index (χ0) is 24.7. The molecular weight excluding hydrogens is 503 g/mol. The fourth-order valence-electron chi connectivity index (χ4n) is 5.11. The average molecular weight is 526 g/mol. The van der Waals surface area contributed by atoms with Crippen LogP contribution in [0.2, 0.25) is 15.1 Å². The molecule has 1 saturated carbocycles. The Hall–Kier alpha value is -2.79. The number of carbonyl (C=O) groups excluding carboxylic acids is 2. The van der Waals surface area contributed by atoms with Crippen molar-refractivity contribution >= 4 is 63.2 Å². The summed E-state index contributed by atoms with van der Waals surface area (Å²) in [5.41, 5.74) is 2.98. The number of hydrogen-bond donors (Lipinski definition) is 1. The van der Waals surface area contributed by atoms with Gasteiger partial charge in [-0.15, -0.1) is 0 Å². The first-order valence-corrected chi connectivity index (χ1v) is 12.6. The lowest BCUT2D eigenvalue weighted by atomic mass is 9.78. The monoisotopic (exact) mass is 524 g/mol. The number of benzene rings is 3. The van der Waals surface area contributed by atoms with Gasteiger partial charge < -0.3 is 5.32 Å². The van der Waals surface area contributed by atoms with Gasteiger partial charge in [0.15, 0.2) is 0 Å². The van der Waals surface area contributed by atoms with Crippen LogP contribution in [0.5, 0.6) is 0 Å². The van der Waals surface area contributed by atoms with Crippen molar-refractivity contribution in [2.75, 3.05) is 5.32 Å². The molecule has 0 radical (unpaired) electrons. The Kier molecular flexibility index (Phi) is 6.39. The number of amides is 1. The highest BCUT2D eigenvalue weighted by Gasteiger charge is 2.42. The van der Waals surface area contributed by atoms with E-state index < -0.39 is 5.41 Å². The molecule has 35 heavy (non-hydrogen) atoms. The van der Waals surface area contributed by atoms with Crippen molar-refractivity contribution in [3.63, 3.8) is 0 Å². The quantitative estimate of drug-likeness (QED) is 0.293. The standard InChI is InChI=1S/C28H23Cl3N2O2/c1-17-16-33(26(34)25-22(30)5-4-6-23(25)31)24-12-11-20(15-21(17)24)32-27(35)28(13-2-3-14-28)18-7-9-19(29)10-8-18/h4-12,15-16H,2-3,13-14H2,1H3,(H,32,35). The van der Waals surface area contributed by atoms with E-state index >= 15 is 0 Å². The molecule has 0 aliphatic heterocycles. The highest BCUT2D eigenvalue weighted by Crippen LogP contribution is 2.42. The van der Waals surface area contributed by atoms with E-state index in [0.29, 0.717) is 20.8 Å². The molecule has 4 nitrogen and oxygen atoms in total. The zero-order valence-corrected chi connectivity index (χ0v) is 21.3. The fraction of sp³-hybridized carbons (Fsp3) is 0.214. The lowest BCUT2D eigenvalue weighted by Gasteiger charge is -2.28. The predicted molar refractivity (Wildman–Crippen MR) is 143 cm³/mol. The molecular formula is C28H23Cl3N2O2. The molecule has 1 amide bonds. The summed E-state index contributed by atoms with van der Waals surface area (Å²) in [7, 11) is 0. The van der Waals surface area contributed by atoms with Gasteiger partial charge in [0, 0.05) is 22.3 Å². The molecule has 0 atom stereocenters. The van der Waals surface area contributed by atoms with Gasteiger partial charge in [-0.3, -0.25) is 14.2 Å². The van der Waals surface area contributed by atoms with Gasteiger partial charge in [0.1, 0.15) is 0 Å². The normalized spacial score (nSPS) is 14.9. The van der Waals surface area contributed by atoms with E-state index in [-0.39, 0.29) is 17.4 Å². The molecule has 3 aromatic carbocycles. The Morgan fingerprint density at radius 3 is 2.23 bits per heavy atom. The second-order valence-electron chi connectivity index (χ2n) is 9.07. The summed E-state index contributed by atoms with van der Waals surface area (Å²) in [5, 5.41) is 5.26. The number of halogens is 3. The molecule has 5 rings (SSSR count). The zero-order valence-electron chi connectivity index (χ0n) is 19.1. The summed E-state index contributed by atoms with van der Waals surface area (Å²) in [6, 6.07) is 18.1. The summed E-state index contributed by atoms with van der Waals surface area (Å²) < 4.78 is 1.55. The van der Waals surface area contributed by atoms with Crippen LogP contribution in [0, 0.1) is 6.92 Å². The van der Waals surface area contributed by atoms with Gasteiger partial charge >= 0.3 is 0 Å². The average Bonchev–Trinajstić information content (AvgIpc) is 3.45. The van der Waals surface area contributed by atoms with Crippen molar-refractivity contribution in [2.45, 2.75) is 38.0 Å². The Morgan fingerprint density at radius 1 is 0.914 bits per heavy atom. The number of nitrogens with zero attached hydrogens (tertiary/aromatic N) is 1. The maximum Gasteiger partial charge on any atom is 0.265 e. The lowest BCUT2D eigenvalue weighted by molar-refractivity contribution is -0.121.